The molecule has 1 rings (SSSR count). The van der Waals surface area contributed by atoms with Gasteiger partial charge in [0.25, 0.3) is 0 Å². The van der Waals surface area contributed by atoms with Gasteiger partial charge in [0.15, 0.2) is 5.13 Å². The van der Waals surface area contributed by atoms with E-state index in [9.17, 15) is 4.79 Å². The Kier molecular flexibility index (Phi) is 5.25. The third kappa shape index (κ3) is 4.61. The molecule has 0 aromatic carbocycles. The maximum atomic E-state index is 11.4. The second-order valence-electron chi connectivity index (χ2n) is 4.05. The minimum Gasteiger partial charge on any atom is -0.354 e. The van der Waals surface area contributed by atoms with Crippen LogP contribution in [0.4, 0.5) is 5.13 Å². The molecule has 0 unspecified atom stereocenters. The summed E-state index contributed by atoms with van der Waals surface area (Å²) in [4.78, 5) is 15.7. The number of hydrogen-bond acceptors (Lipinski definition) is 4. The van der Waals surface area contributed by atoms with Crippen LogP contribution in [0.2, 0.25) is 0 Å². The molecule has 0 fully saturated rings. The van der Waals surface area contributed by atoms with Crippen LogP contribution >= 0.6 is 11.3 Å². The highest BCUT2D eigenvalue weighted by molar-refractivity contribution is 7.13. The highest BCUT2D eigenvalue weighted by Gasteiger charge is 2.04. The summed E-state index contributed by atoms with van der Waals surface area (Å²) < 4.78 is 0. The van der Waals surface area contributed by atoms with E-state index in [0.717, 1.165) is 23.8 Å². The van der Waals surface area contributed by atoms with Crippen LogP contribution in [-0.2, 0) is 11.2 Å². The Morgan fingerprint density at radius 1 is 1.56 bits per heavy atom. The molecule has 16 heavy (non-hydrogen) atoms. The van der Waals surface area contributed by atoms with E-state index in [4.69, 9.17) is 0 Å². The third-order valence-corrected chi connectivity index (χ3v) is 2.87. The summed E-state index contributed by atoms with van der Waals surface area (Å²) in [6.45, 7) is 7.22. The average Bonchev–Trinajstić information content (AvgIpc) is 2.71. The van der Waals surface area contributed by atoms with Gasteiger partial charge in [-0.25, -0.2) is 4.98 Å². The molecule has 0 atom stereocenters. The number of hydrogen-bond donors (Lipinski definition) is 2. The zero-order chi connectivity index (χ0) is 12.0. The van der Waals surface area contributed by atoms with Crippen molar-refractivity contribution in [2.45, 2.75) is 27.2 Å². The molecular formula is C11H19N3OS. The molecule has 5 heteroatoms. The van der Waals surface area contributed by atoms with Gasteiger partial charge in [0.2, 0.25) is 5.91 Å². The normalized spacial score (nSPS) is 10.5. The van der Waals surface area contributed by atoms with Crippen LogP contribution in [0, 0.1) is 5.92 Å². The highest BCUT2D eigenvalue weighted by atomic mass is 32.1. The van der Waals surface area contributed by atoms with E-state index in [2.05, 4.69) is 36.4 Å². The predicted octanol–water partition coefficient (Wildman–Crippen LogP) is 1.89. The number of amides is 1. The first-order chi connectivity index (χ1) is 7.61. The van der Waals surface area contributed by atoms with Gasteiger partial charge in [0.05, 0.1) is 12.2 Å². The minimum atomic E-state index is 0.0157. The van der Waals surface area contributed by atoms with Gasteiger partial charge in [-0.15, -0.1) is 11.3 Å². The fourth-order valence-electron chi connectivity index (χ4n) is 1.09. The van der Waals surface area contributed by atoms with Crippen molar-refractivity contribution in [3.05, 3.63) is 11.1 Å². The van der Waals surface area contributed by atoms with Gasteiger partial charge in [-0.1, -0.05) is 20.8 Å². The van der Waals surface area contributed by atoms with Crippen LogP contribution in [0.1, 0.15) is 26.5 Å². The van der Waals surface area contributed by atoms with Crippen LogP contribution in [0.25, 0.3) is 0 Å². The lowest BCUT2D eigenvalue weighted by atomic mass is 10.2. The van der Waals surface area contributed by atoms with Crippen molar-refractivity contribution in [3.63, 3.8) is 0 Å². The first-order valence-corrected chi connectivity index (χ1v) is 6.44. The molecule has 0 saturated carbocycles. The van der Waals surface area contributed by atoms with Crippen LogP contribution in [0.15, 0.2) is 5.38 Å². The largest absolute Gasteiger partial charge is 0.354 e. The second kappa shape index (κ2) is 6.48. The zero-order valence-corrected chi connectivity index (χ0v) is 10.9. The molecule has 0 bridgehead atoms. The molecule has 0 aliphatic carbocycles. The smallest absolute Gasteiger partial charge is 0.239 e. The van der Waals surface area contributed by atoms with E-state index < -0.39 is 0 Å². The molecule has 0 saturated heterocycles. The zero-order valence-electron chi connectivity index (χ0n) is 10.0. The Labute approximate surface area is 100 Å². The van der Waals surface area contributed by atoms with E-state index >= 15 is 0 Å². The van der Waals surface area contributed by atoms with Gasteiger partial charge in [0, 0.05) is 11.9 Å². The molecular weight excluding hydrogens is 222 g/mol. The summed E-state index contributed by atoms with van der Waals surface area (Å²) in [7, 11) is 0. The monoisotopic (exact) mass is 241 g/mol. The summed E-state index contributed by atoms with van der Waals surface area (Å²) in [5, 5.41) is 8.69. The number of thiazole rings is 1. The van der Waals surface area contributed by atoms with Crippen LogP contribution in [0.3, 0.4) is 0 Å². The lowest BCUT2D eigenvalue weighted by Gasteiger charge is -2.07. The lowest BCUT2D eigenvalue weighted by Crippen LogP contribution is -2.32. The van der Waals surface area contributed by atoms with E-state index in [1.807, 2.05) is 5.38 Å². The quantitative estimate of drug-likeness (QED) is 0.799. The van der Waals surface area contributed by atoms with Crippen molar-refractivity contribution in [1.82, 2.24) is 10.3 Å². The summed E-state index contributed by atoms with van der Waals surface area (Å²) in [5.74, 6) is 0.498. The Bertz CT molecular complexity index is 336. The van der Waals surface area contributed by atoms with Crippen molar-refractivity contribution in [2.75, 3.05) is 18.4 Å². The molecule has 0 radical (unpaired) electrons. The van der Waals surface area contributed by atoms with Crippen molar-refractivity contribution in [2.24, 2.45) is 5.92 Å². The third-order valence-electron chi connectivity index (χ3n) is 2.02. The Hall–Kier alpha value is -1.10. The fraction of sp³-hybridized carbons (Fsp3) is 0.636. The molecule has 0 aliphatic heterocycles. The molecule has 1 aromatic heterocycles. The van der Waals surface area contributed by atoms with E-state index in [0.29, 0.717) is 12.5 Å². The Morgan fingerprint density at radius 2 is 2.31 bits per heavy atom. The van der Waals surface area contributed by atoms with E-state index in [-0.39, 0.29) is 5.91 Å². The molecule has 0 spiro atoms. The second-order valence-corrected chi connectivity index (χ2v) is 4.91. The molecule has 90 valence electrons. The van der Waals surface area contributed by atoms with Gasteiger partial charge in [-0.3, -0.25) is 4.79 Å². The predicted molar refractivity (Wildman–Crippen MR) is 67.8 cm³/mol. The van der Waals surface area contributed by atoms with Crippen LogP contribution in [-0.4, -0.2) is 24.0 Å². The summed E-state index contributed by atoms with van der Waals surface area (Å²) >= 11 is 1.54. The lowest BCUT2D eigenvalue weighted by molar-refractivity contribution is -0.119. The number of carbonyl (C=O) groups is 1. The topological polar surface area (TPSA) is 54.0 Å². The van der Waals surface area contributed by atoms with Gasteiger partial charge >= 0.3 is 0 Å². The standard InChI is InChI=1S/C11H19N3OS/c1-4-9-7-16-11(14-9)13-6-10(15)12-5-8(2)3/h7-8H,4-6H2,1-3H3,(H,12,15)(H,13,14). The SMILES string of the molecule is CCc1csc(NCC(=O)NCC(C)C)n1. The van der Waals surface area contributed by atoms with Gasteiger partial charge < -0.3 is 10.6 Å². The number of rotatable bonds is 6. The first kappa shape index (κ1) is 13.0. The highest BCUT2D eigenvalue weighted by Crippen LogP contribution is 2.14. The number of aromatic nitrogens is 1. The first-order valence-electron chi connectivity index (χ1n) is 5.56. The van der Waals surface area contributed by atoms with Gasteiger partial charge in [-0.2, -0.15) is 0 Å². The number of aryl methyl sites for hydroxylation is 1. The van der Waals surface area contributed by atoms with Crippen molar-refractivity contribution in [1.29, 1.82) is 0 Å². The van der Waals surface area contributed by atoms with Gasteiger partial charge in [-0.05, 0) is 12.3 Å². The van der Waals surface area contributed by atoms with Crippen LogP contribution < -0.4 is 10.6 Å². The summed E-state index contributed by atoms with van der Waals surface area (Å²) in [6.07, 6.45) is 0.928. The Balaban J connectivity index is 2.26. The fourth-order valence-corrected chi connectivity index (χ4v) is 1.88. The van der Waals surface area contributed by atoms with E-state index in [1.165, 1.54) is 11.3 Å². The summed E-state index contributed by atoms with van der Waals surface area (Å²) in [5.41, 5.74) is 1.06. The van der Waals surface area contributed by atoms with E-state index in [1.54, 1.807) is 0 Å². The van der Waals surface area contributed by atoms with Crippen molar-refractivity contribution < 1.29 is 4.79 Å². The van der Waals surface area contributed by atoms with Crippen molar-refractivity contribution >= 4 is 22.4 Å². The molecule has 4 nitrogen and oxygen atoms in total. The molecule has 1 amide bonds. The molecule has 1 heterocycles. The van der Waals surface area contributed by atoms with Crippen molar-refractivity contribution in [3.8, 4) is 0 Å². The average molecular weight is 241 g/mol. The molecule has 2 N–H and O–H groups in total. The molecule has 0 aliphatic rings. The number of nitrogens with one attached hydrogen (secondary N) is 2. The molecule has 1 aromatic rings. The van der Waals surface area contributed by atoms with Crippen LogP contribution in [0.5, 0.6) is 0 Å². The Morgan fingerprint density at radius 3 is 2.88 bits per heavy atom. The maximum absolute atomic E-state index is 11.4. The number of carbonyl (C=O) groups excluding carboxylic acids is 1. The minimum absolute atomic E-state index is 0.0157. The van der Waals surface area contributed by atoms with Gasteiger partial charge in [0.1, 0.15) is 0 Å². The maximum Gasteiger partial charge on any atom is 0.239 e. The number of nitrogens with zero attached hydrogens (tertiary/aromatic N) is 1. The number of anilines is 1. The summed E-state index contributed by atoms with van der Waals surface area (Å²) in [6, 6.07) is 0.